The van der Waals surface area contributed by atoms with Gasteiger partial charge in [-0.25, -0.2) is 0 Å². The van der Waals surface area contributed by atoms with E-state index in [0.717, 1.165) is 16.7 Å². The van der Waals surface area contributed by atoms with Gasteiger partial charge in [-0.2, -0.15) is 15.0 Å². The molecule has 3 rings (SSSR count). The van der Waals surface area contributed by atoms with Crippen molar-refractivity contribution in [1.82, 2.24) is 15.0 Å². The Balaban J connectivity index is 1.62. The Kier molecular flexibility index (Phi) is 5.62. The molecule has 1 aromatic heterocycles. The Hall–Kier alpha value is -2.74. The molecule has 1 fully saturated rings. The number of carbonyl (C=O) groups is 1. The molecule has 8 heteroatoms. The third kappa shape index (κ3) is 4.45. The highest BCUT2D eigenvalue weighted by molar-refractivity contribution is 5.95. The average molecular weight is 357 g/mol. The molecule has 0 radical (unpaired) electrons. The largest absolute Gasteiger partial charge is 0.463 e. The Bertz CT molecular complexity index is 790. The van der Waals surface area contributed by atoms with Crippen molar-refractivity contribution in [3.05, 3.63) is 34.9 Å². The van der Waals surface area contributed by atoms with Crippen molar-refractivity contribution in [2.75, 3.05) is 43.5 Å². The van der Waals surface area contributed by atoms with E-state index in [9.17, 15) is 4.79 Å². The zero-order valence-corrected chi connectivity index (χ0v) is 15.1. The number of hydrogen-bond acceptors (Lipinski definition) is 8. The molecule has 1 saturated heterocycles. The number of Topliss-reactive ketones (excluding diaryl/α,β-unsaturated/α-hetero) is 1. The molecule has 1 aliphatic heterocycles. The van der Waals surface area contributed by atoms with Gasteiger partial charge in [0.2, 0.25) is 11.9 Å². The minimum atomic E-state index is 0.0709. The quantitative estimate of drug-likeness (QED) is 0.774. The van der Waals surface area contributed by atoms with Crippen LogP contribution in [0.4, 0.5) is 11.9 Å². The molecule has 0 aliphatic carbocycles. The van der Waals surface area contributed by atoms with Crippen molar-refractivity contribution in [2.24, 2.45) is 0 Å². The van der Waals surface area contributed by atoms with Crippen molar-refractivity contribution >= 4 is 17.7 Å². The number of nitrogens with zero attached hydrogens (tertiary/aromatic N) is 4. The van der Waals surface area contributed by atoms with Crippen LogP contribution in [0.3, 0.4) is 0 Å². The molecule has 1 aromatic carbocycles. The van der Waals surface area contributed by atoms with Gasteiger partial charge < -0.3 is 20.1 Å². The highest BCUT2D eigenvalue weighted by atomic mass is 16.5. The molecule has 0 unspecified atom stereocenters. The molecule has 0 bridgehead atoms. The SMILES string of the molecule is CC(=O)c1ccc(CCOc2nc(N)nc(N3CCOCC3)n2)cc1C. The number of ether oxygens (including phenoxy) is 2. The fraction of sp³-hybridized carbons (Fsp3) is 0.444. The number of aryl methyl sites for hydroxylation is 1. The number of rotatable bonds is 6. The van der Waals surface area contributed by atoms with E-state index in [2.05, 4.69) is 15.0 Å². The summed E-state index contributed by atoms with van der Waals surface area (Å²) in [4.78, 5) is 26.1. The van der Waals surface area contributed by atoms with Gasteiger partial charge in [0.1, 0.15) is 0 Å². The van der Waals surface area contributed by atoms with Crippen LogP contribution in [-0.4, -0.2) is 53.6 Å². The van der Waals surface area contributed by atoms with Crippen molar-refractivity contribution < 1.29 is 14.3 Å². The molecule has 0 saturated carbocycles. The zero-order valence-electron chi connectivity index (χ0n) is 15.1. The molecule has 138 valence electrons. The van der Waals surface area contributed by atoms with E-state index in [0.29, 0.717) is 45.3 Å². The van der Waals surface area contributed by atoms with Crippen LogP contribution >= 0.6 is 0 Å². The Labute approximate surface area is 152 Å². The lowest BCUT2D eigenvalue weighted by molar-refractivity contribution is 0.101. The molecule has 2 heterocycles. The first-order valence-corrected chi connectivity index (χ1v) is 8.60. The van der Waals surface area contributed by atoms with Crippen LogP contribution in [0.25, 0.3) is 0 Å². The monoisotopic (exact) mass is 357 g/mol. The number of morpholine rings is 1. The Morgan fingerprint density at radius 3 is 2.73 bits per heavy atom. The summed E-state index contributed by atoms with van der Waals surface area (Å²) < 4.78 is 11.0. The Morgan fingerprint density at radius 2 is 2.04 bits per heavy atom. The summed E-state index contributed by atoms with van der Waals surface area (Å²) in [7, 11) is 0. The summed E-state index contributed by atoms with van der Waals surface area (Å²) >= 11 is 0. The predicted molar refractivity (Wildman–Crippen MR) is 97.7 cm³/mol. The summed E-state index contributed by atoms with van der Waals surface area (Å²) in [6, 6.07) is 6.01. The number of nitrogens with two attached hydrogens (primary N) is 1. The minimum Gasteiger partial charge on any atom is -0.463 e. The van der Waals surface area contributed by atoms with E-state index in [4.69, 9.17) is 15.2 Å². The number of hydrogen-bond donors (Lipinski definition) is 1. The van der Waals surface area contributed by atoms with E-state index < -0.39 is 0 Å². The highest BCUT2D eigenvalue weighted by Crippen LogP contribution is 2.16. The third-order valence-electron chi connectivity index (χ3n) is 4.21. The minimum absolute atomic E-state index is 0.0709. The van der Waals surface area contributed by atoms with E-state index >= 15 is 0 Å². The van der Waals surface area contributed by atoms with Gasteiger partial charge in [0.25, 0.3) is 0 Å². The lowest BCUT2D eigenvalue weighted by Gasteiger charge is -2.26. The van der Waals surface area contributed by atoms with Crippen LogP contribution in [-0.2, 0) is 11.2 Å². The van der Waals surface area contributed by atoms with E-state index in [-0.39, 0.29) is 17.7 Å². The first-order chi connectivity index (χ1) is 12.5. The number of benzene rings is 1. The molecule has 8 nitrogen and oxygen atoms in total. The number of aromatic nitrogens is 3. The van der Waals surface area contributed by atoms with E-state index in [1.807, 2.05) is 30.0 Å². The summed E-state index contributed by atoms with van der Waals surface area (Å²) in [6.45, 7) is 6.61. The molecule has 0 spiro atoms. The molecule has 2 aromatic rings. The average Bonchev–Trinajstić information content (AvgIpc) is 2.62. The molecule has 0 amide bonds. The van der Waals surface area contributed by atoms with E-state index in [1.165, 1.54) is 0 Å². The molecule has 2 N–H and O–H groups in total. The fourth-order valence-electron chi connectivity index (χ4n) is 2.87. The van der Waals surface area contributed by atoms with Gasteiger partial charge in [-0.3, -0.25) is 4.79 Å². The van der Waals surface area contributed by atoms with Gasteiger partial charge in [0, 0.05) is 25.1 Å². The second-order valence-corrected chi connectivity index (χ2v) is 6.18. The molecular formula is C18H23N5O3. The van der Waals surface area contributed by atoms with Gasteiger partial charge >= 0.3 is 6.01 Å². The number of nitrogen functional groups attached to an aromatic ring is 1. The van der Waals surface area contributed by atoms with Crippen LogP contribution in [0.1, 0.15) is 28.4 Å². The van der Waals surface area contributed by atoms with Gasteiger partial charge in [-0.1, -0.05) is 18.2 Å². The Morgan fingerprint density at radius 1 is 1.27 bits per heavy atom. The van der Waals surface area contributed by atoms with Gasteiger partial charge in [0.15, 0.2) is 5.78 Å². The molecular weight excluding hydrogens is 334 g/mol. The summed E-state index contributed by atoms with van der Waals surface area (Å²) in [5, 5.41) is 0. The lowest BCUT2D eigenvalue weighted by atomic mass is 10.0. The standard InChI is InChI=1S/C18H23N5O3/c1-12-11-14(3-4-15(12)13(2)24)5-8-26-18-21-16(19)20-17(22-18)23-6-9-25-10-7-23/h3-4,11H,5-10H2,1-2H3,(H2,19,20,21,22). The van der Waals surface area contributed by atoms with Crippen molar-refractivity contribution in [3.63, 3.8) is 0 Å². The smallest absolute Gasteiger partial charge is 0.323 e. The van der Waals surface area contributed by atoms with E-state index in [1.54, 1.807) is 6.92 Å². The third-order valence-corrected chi connectivity index (χ3v) is 4.21. The summed E-state index contributed by atoms with van der Waals surface area (Å²) in [5.74, 6) is 0.720. The van der Waals surface area contributed by atoms with Crippen molar-refractivity contribution in [3.8, 4) is 6.01 Å². The maximum Gasteiger partial charge on any atom is 0.323 e. The predicted octanol–water partition coefficient (Wildman–Crippen LogP) is 1.42. The van der Waals surface area contributed by atoms with Crippen LogP contribution in [0.2, 0.25) is 0 Å². The molecule has 26 heavy (non-hydrogen) atoms. The van der Waals surface area contributed by atoms with Crippen molar-refractivity contribution in [2.45, 2.75) is 20.3 Å². The molecule has 0 atom stereocenters. The second-order valence-electron chi connectivity index (χ2n) is 6.18. The summed E-state index contributed by atoms with van der Waals surface area (Å²) in [5.41, 5.74) is 8.58. The van der Waals surface area contributed by atoms with Gasteiger partial charge in [-0.15, -0.1) is 0 Å². The lowest BCUT2D eigenvalue weighted by Crippen LogP contribution is -2.37. The van der Waals surface area contributed by atoms with Crippen LogP contribution in [0.5, 0.6) is 6.01 Å². The van der Waals surface area contributed by atoms with Crippen LogP contribution in [0, 0.1) is 6.92 Å². The van der Waals surface area contributed by atoms with Crippen LogP contribution in [0.15, 0.2) is 18.2 Å². The zero-order chi connectivity index (χ0) is 18.5. The van der Waals surface area contributed by atoms with Crippen molar-refractivity contribution in [1.29, 1.82) is 0 Å². The number of anilines is 2. The first kappa shape index (κ1) is 18.1. The maximum absolute atomic E-state index is 11.5. The topological polar surface area (TPSA) is 103 Å². The summed E-state index contributed by atoms with van der Waals surface area (Å²) in [6.07, 6.45) is 0.678. The highest BCUT2D eigenvalue weighted by Gasteiger charge is 2.16. The molecule has 1 aliphatic rings. The van der Waals surface area contributed by atoms with Crippen LogP contribution < -0.4 is 15.4 Å². The van der Waals surface area contributed by atoms with Gasteiger partial charge in [0.05, 0.1) is 19.8 Å². The fourth-order valence-corrected chi connectivity index (χ4v) is 2.87. The first-order valence-electron chi connectivity index (χ1n) is 8.60. The maximum atomic E-state index is 11.5. The normalized spacial score (nSPS) is 14.3. The second kappa shape index (κ2) is 8.09. The van der Waals surface area contributed by atoms with Gasteiger partial charge in [-0.05, 0) is 25.0 Å². The number of ketones is 1. The number of carbonyl (C=O) groups excluding carboxylic acids is 1.